The minimum atomic E-state index is -4.88. The Balaban J connectivity index is 2.99. The van der Waals surface area contributed by atoms with Gasteiger partial charge in [-0.3, -0.25) is 4.79 Å². The molecule has 0 aliphatic rings. The van der Waals surface area contributed by atoms with E-state index in [1.807, 2.05) is 0 Å². The Morgan fingerprint density at radius 3 is 2.37 bits per heavy atom. The van der Waals surface area contributed by atoms with Gasteiger partial charge in [-0.2, -0.15) is 8.78 Å². The Hall–Kier alpha value is -1.68. The molecule has 3 N–H and O–H groups in total. The van der Waals surface area contributed by atoms with E-state index in [0.717, 1.165) is 24.3 Å². The Labute approximate surface area is 105 Å². The predicted molar refractivity (Wildman–Crippen MR) is 57.4 cm³/mol. The number of hydrogen-bond donors (Lipinski definition) is 2. The van der Waals surface area contributed by atoms with Crippen molar-refractivity contribution < 1.29 is 30.8 Å². The van der Waals surface area contributed by atoms with Crippen LogP contribution < -0.4 is 10.5 Å². The Kier molecular flexibility index (Phi) is 4.15. The molecule has 0 radical (unpaired) electrons. The maximum absolute atomic E-state index is 12.7. The fourth-order valence-corrected chi connectivity index (χ4v) is 1.62. The lowest BCUT2D eigenvalue weighted by atomic mass is 10.3. The molecule has 1 rings (SSSR count). The normalized spacial score (nSPS) is 12.5. The zero-order valence-electron chi connectivity index (χ0n) is 9.11. The van der Waals surface area contributed by atoms with E-state index >= 15 is 0 Å². The number of carbonyl (C=O) groups excluding carboxylic acids is 1. The predicted octanol–water partition coefficient (Wildman–Crippen LogP) is 1.17. The lowest BCUT2D eigenvalue weighted by Gasteiger charge is -2.15. The van der Waals surface area contributed by atoms with Crippen LogP contribution in [-0.4, -0.2) is 26.7 Å². The molecule has 0 spiro atoms. The van der Waals surface area contributed by atoms with Crippen LogP contribution in [0.25, 0.3) is 0 Å². The first-order chi connectivity index (χ1) is 8.55. The summed E-state index contributed by atoms with van der Waals surface area (Å²) in [6.07, 6.45) is -4.17. The number of amides is 1. The second kappa shape index (κ2) is 5.13. The molecular formula is C9H8F4N2O3S. The first-order valence-electron chi connectivity index (χ1n) is 4.65. The Bertz CT molecular complexity index is 589. The van der Waals surface area contributed by atoms with E-state index in [1.165, 1.54) is 5.32 Å². The van der Waals surface area contributed by atoms with Gasteiger partial charge in [0.1, 0.15) is 0 Å². The molecule has 0 unspecified atom stereocenters. The molecule has 1 amide bonds. The highest BCUT2D eigenvalue weighted by Gasteiger charge is 2.48. The van der Waals surface area contributed by atoms with Gasteiger partial charge in [-0.05, 0) is 18.2 Å². The van der Waals surface area contributed by atoms with E-state index in [1.54, 1.807) is 0 Å². The molecule has 19 heavy (non-hydrogen) atoms. The minimum Gasteiger partial charge on any atom is -0.321 e. The number of rotatable bonds is 4. The van der Waals surface area contributed by atoms with Crippen LogP contribution in [-0.2, 0) is 14.8 Å². The fourth-order valence-electron chi connectivity index (χ4n) is 1.06. The number of sulfonamides is 1. The molecule has 5 nitrogen and oxygen atoms in total. The molecule has 10 heteroatoms. The molecule has 1 aromatic rings. The molecule has 106 valence electrons. The number of alkyl halides is 4. The van der Waals surface area contributed by atoms with Crippen LogP contribution in [0.2, 0.25) is 0 Å². The second-order valence-electron chi connectivity index (χ2n) is 3.45. The van der Waals surface area contributed by atoms with Crippen LogP contribution in [0.1, 0.15) is 0 Å². The van der Waals surface area contributed by atoms with Gasteiger partial charge in [-0.15, -0.1) is 0 Å². The zero-order valence-corrected chi connectivity index (χ0v) is 9.93. The molecule has 0 aliphatic heterocycles. The molecule has 0 heterocycles. The van der Waals surface area contributed by atoms with Gasteiger partial charge in [0.2, 0.25) is 10.0 Å². The SMILES string of the molecule is NS(=O)(=O)c1cccc(NC(=O)C(F)(F)C(F)F)c1. The van der Waals surface area contributed by atoms with Gasteiger partial charge in [0.25, 0.3) is 0 Å². The number of hydrogen-bond acceptors (Lipinski definition) is 3. The van der Waals surface area contributed by atoms with Gasteiger partial charge in [-0.25, -0.2) is 22.3 Å². The summed E-state index contributed by atoms with van der Waals surface area (Å²) in [6.45, 7) is 0. The average Bonchev–Trinajstić information content (AvgIpc) is 2.27. The lowest BCUT2D eigenvalue weighted by Crippen LogP contribution is -2.41. The van der Waals surface area contributed by atoms with Crippen molar-refractivity contribution in [2.45, 2.75) is 17.2 Å². The summed E-state index contributed by atoms with van der Waals surface area (Å²) in [6, 6.07) is 3.98. The van der Waals surface area contributed by atoms with Crippen LogP contribution in [0.15, 0.2) is 29.2 Å². The highest BCUT2D eigenvalue weighted by atomic mass is 32.2. The van der Waals surface area contributed by atoms with Gasteiger partial charge in [0.15, 0.2) is 0 Å². The number of carbonyl (C=O) groups is 1. The first-order valence-corrected chi connectivity index (χ1v) is 6.20. The minimum absolute atomic E-state index is 0.392. The number of nitrogens with one attached hydrogen (secondary N) is 1. The van der Waals surface area contributed by atoms with E-state index in [0.29, 0.717) is 0 Å². The van der Waals surface area contributed by atoms with E-state index in [4.69, 9.17) is 5.14 Å². The molecule has 0 saturated carbocycles. The van der Waals surface area contributed by atoms with Gasteiger partial charge in [0.05, 0.1) is 4.90 Å². The van der Waals surface area contributed by atoms with Crippen LogP contribution in [0.4, 0.5) is 23.2 Å². The molecule has 0 saturated heterocycles. The quantitative estimate of drug-likeness (QED) is 0.818. The smallest absolute Gasteiger partial charge is 0.321 e. The summed E-state index contributed by atoms with van der Waals surface area (Å²) >= 11 is 0. The van der Waals surface area contributed by atoms with Gasteiger partial charge >= 0.3 is 18.3 Å². The fraction of sp³-hybridized carbons (Fsp3) is 0.222. The summed E-state index contributed by atoms with van der Waals surface area (Å²) in [7, 11) is -4.10. The number of anilines is 1. The summed E-state index contributed by atoms with van der Waals surface area (Å²) in [5, 5.41) is 6.27. The molecule has 0 atom stereocenters. The molecule has 0 aliphatic carbocycles. The maximum Gasteiger partial charge on any atom is 0.383 e. The third-order valence-corrected chi connectivity index (χ3v) is 2.91. The van der Waals surface area contributed by atoms with Crippen molar-refractivity contribution in [3.63, 3.8) is 0 Å². The number of halogens is 4. The average molecular weight is 300 g/mol. The largest absolute Gasteiger partial charge is 0.383 e. The van der Waals surface area contributed by atoms with Crippen molar-refractivity contribution >= 4 is 21.6 Å². The van der Waals surface area contributed by atoms with Crippen molar-refractivity contribution in [2.75, 3.05) is 5.32 Å². The van der Waals surface area contributed by atoms with E-state index in [2.05, 4.69) is 0 Å². The van der Waals surface area contributed by atoms with Crippen molar-refractivity contribution in [1.82, 2.24) is 0 Å². The van der Waals surface area contributed by atoms with Crippen molar-refractivity contribution in [2.24, 2.45) is 5.14 Å². The van der Waals surface area contributed by atoms with E-state index < -0.39 is 38.9 Å². The van der Waals surface area contributed by atoms with E-state index in [9.17, 15) is 30.8 Å². The summed E-state index contributed by atoms with van der Waals surface area (Å²) in [5.41, 5.74) is -0.392. The Morgan fingerprint density at radius 2 is 1.89 bits per heavy atom. The number of primary sulfonamides is 1. The molecule has 1 aromatic carbocycles. The summed E-state index contributed by atoms with van der Waals surface area (Å²) in [4.78, 5) is 10.5. The second-order valence-corrected chi connectivity index (χ2v) is 5.01. The highest BCUT2D eigenvalue weighted by Crippen LogP contribution is 2.25. The number of nitrogens with two attached hydrogens (primary N) is 1. The van der Waals surface area contributed by atoms with Gasteiger partial charge in [-0.1, -0.05) is 6.07 Å². The molecule has 0 aromatic heterocycles. The van der Waals surface area contributed by atoms with Crippen LogP contribution in [0, 0.1) is 0 Å². The number of benzene rings is 1. The molecule has 0 fully saturated rings. The van der Waals surface area contributed by atoms with Crippen LogP contribution in [0.3, 0.4) is 0 Å². The maximum atomic E-state index is 12.7. The highest BCUT2D eigenvalue weighted by molar-refractivity contribution is 7.89. The van der Waals surface area contributed by atoms with Gasteiger partial charge < -0.3 is 5.32 Å². The lowest BCUT2D eigenvalue weighted by molar-refractivity contribution is -0.163. The zero-order chi connectivity index (χ0) is 14.8. The van der Waals surface area contributed by atoms with Crippen molar-refractivity contribution in [1.29, 1.82) is 0 Å². The Morgan fingerprint density at radius 1 is 1.32 bits per heavy atom. The topological polar surface area (TPSA) is 89.3 Å². The third-order valence-electron chi connectivity index (χ3n) is 2.00. The first kappa shape index (κ1) is 15.4. The summed E-state index contributed by atoms with van der Waals surface area (Å²) < 4.78 is 71.1. The monoisotopic (exact) mass is 300 g/mol. The molecular weight excluding hydrogens is 292 g/mol. The van der Waals surface area contributed by atoms with Gasteiger partial charge in [0, 0.05) is 5.69 Å². The van der Waals surface area contributed by atoms with Crippen molar-refractivity contribution in [3.8, 4) is 0 Å². The standard InChI is InChI=1S/C9H8F4N2O3S/c10-7(11)9(12,13)8(16)15-5-2-1-3-6(4-5)19(14,17)18/h1-4,7H,(H,15,16)(H2,14,17,18). The van der Waals surface area contributed by atoms with Crippen LogP contribution >= 0.6 is 0 Å². The third kappa shape index (κ3) is 3.64. The van der Waals surface area contributed by atoms with Crippen LogP contribution in [0.5, 0.6) is 0 Å². The summed E-state index contributed by atoms with van der Waals surface area (Å²) in [5.74, 6) is -7.12. The van der Waals surface area contributed by atoms with Crippen molar-refractivity contribution in [3.05, 3.63) is 24.3 Å². The van der Waals surface area contributed by atoms with E-state index in [-0.39, 0.29) is 0 Å². The molecule has 0 bridgehead atoms.